The number of aromatic nitrogens is 2. The fourth-order valence-corrected chi connectivity index (χ4v) is 3.67. The number of carbonyl (C=O) groups excluding carboxylic acids is 1. The van der Waals surface area contributed by atoms with Crippen molar-refractivity contribution in [1.82, 2.24) is 15.3 Å². The van der Waals surface area contributed by atoms with Gasteiger partial charge in [0, 0.05) is 24.7 Å². The summed E-state index contributed by atoms with van der Waals surface area (Å²) in [4.78, 5) is 20.4. The van der Waals surface area contributed by atoms with Gasteiger partial charge in [0.15, 0.2) is 0 Å². The van der Waals surface area contributed by atoms with Crippen molar-refractivity contribution in [1.29, 1.82) is 0 Å². The number of aromatic amines is 1. The molecule has 1 aromatic heterocycles. The Bertz CT molecular complexity index is 918. The number of imidazole rings is 1. The predicted molar refractivity (Wildman–Crippen MR) is 106 cm³/mol. The van der Waals surface area contributed by atoms with Gasteiger partial charge in [-0.1, -0.05) is 48.5 Å². The molecular formula is C23H25N3O. The van der Waals surface area contributed by atoms with E-state index < -0.39 is 0 Å². The van der Waals surface area contributed by atoms with Gasteiger partial charge in [-0.25, -0.2) is 4.98 Å². The van der Waals surface area contributed by atoms with E-state index >= 15 is 0 Å². The standard InChI is InChI=1S/C23H25N3O/c1-15-8-9-18(12-16(15)2)19-13-20(19)23(27)26-21(14-22-24-10-11-25-22)17-6-4-3-5-7-17/h3-12,19-21H,13-14H2,1-2H3,(H,24,25)(H,26,27)/t19-,20+,21?/m0/s1. The maximum absolute atomic E-state index is 12.9. The van der Waals surface area contributed by atoms with Gasteiger partial charge < -0.3 is 10.3 Å². The van der Waals surface area contributed by atoms with E-state index in [1.54, 1.807) is 6.20 Å². The number of nitrogens with one attached hydrogen (secondary N) is 2. The van der Waals surface area contributed by atoms with E-state index in [0.29, 0.717) is 12.3 Å². The average molecular weight is 359 g/mol. The van der Waals surface area contributed by atoms with Crippen molar-refractivity contribution in [2.45, 2.75) is 38.6 Å². The van der Waals surface area contributed by atoms with Gasteiger partial charge in [0.2, 0.25) is 5.91 Å². The number of carbonyl (C=O) groups is 1. The van der Waals surface area contributed by atoms with E-state index in [2.05, 4.69) is 59.5 Å². The number of amides is 1. The van der Waals surface area contributed by atoms with Crippen LogP contribution in [0.15, 0.2) is 60.9 Å². The van der Waals surface area contributed by atoms with Crippen LogP contribution >= 0.6 is 0 Å². The Morgan fingerprint density at radius 2 is 2.00 bits per heavy atom. The lowest BCUT2D eigenvalue weighted by atomic mass is 10.0. The molecule has 27 heavy (non-hydrogen) atoms. The minimum Gasteiger partial charge on any atom is -0.349 e. The minimum atomic E-state index is -0.0779. The normalized spacial score (nSPS) is 19.5. The summed E-state index contributed by atoms with van der Waals surface area (Å²) in [5.74, 6) is 1.42. The van der Waals surface area contributed by atoms with E-state index in [-0.39, 0.29) is 17.9 Å². The highest BCUT2D eigenvalue weighted by Gasteiger charge is 2.44. The number of aryl methyl sites for hydroxylation is 2. The molecule has 3 atom stereocenters. The number of hydrogen-bond acceptors (Lipinski definition) is 2. The molecule has 4 rings (SSSR count). The van der Waals surface area contributed by atoms with Crippen LogP contribution < -0.4 is 5.32 Å². The van der Waals surface area contributed by atoms with Crippen molar-refractivity contribution in [2.24, 2.45) is 5.92 Å². The molecule has 0 spiro atoms. The first-order valence-corrected chi connectivity index (χ1v) is 9.52. The minimum absolute atomic E-state index is 0.0647. The first-order valence-electron chi connectivity index (χ1n) is 9.52. The number of rotatable bonds is 6. The van der Waals surface area contributed by atoms with Crippen LogP contribution in [0, 0.1) is 19.8 Å². The third-order valence-corrected chi connectivity index (χ3v) is 5.56. The summed E-state index contributed by atoms with van der Waals surface area (Å²) in [6, 6.07) is 16.6. The van der Waals surface area contributed by atoms with Crippen molar-refractivity contribution >= 4 is 5.91 Å². The second-order valence-corrected chi connectivity index (χ2v) is 7.50. The molecule has 4 nitrogen and oxygen atoms in total. The molecule has 1 heterocycles. The van der Waals surface area contributed by atoms with Crippen molar-refractivity contribution in [3.05, 3.63) is 89.0 Å². The lowest BCUT2D eigenvalue weighted by Crippen LogP contribution is -2.31. The zero-order valence-electron chi connectivity index (χ0n) is 15.8. The van der Waals surface area contributed by atoms with Crippen LogP contribution in [-0.2, 0) is 11.2 Å². The SMILES string of the molecule is Cc1ccc([C@@H]2C[C@H]2C(=O)NC(Cc2ncc[nH]2)c2ccccc2)cc1C. The summed E-state index contributed by atoms with van der Waals surface area (Å²) < 4.78 is 0. The molecule has 3 aromatic rings. The van der Waals surface area contributed by atoms with Crippen LogP contribution in [-0.4, -0.2) is 15.9 Å². The highest BCUT2D eigenvalue weighted by molar-refractivity contribution is 5.83. The zero-order valence-corrected chi connectivity index (χ0v) is 15.8. The molecule has 138 valence electrons. The number of H-pyrrole nitrogens is 1. The van der Waals surface area contributed by atoms with Crippen LogP contribution in [0.25, 0.3) is 0 Å². The second-order valence-electron chi connectivity index (χ2n) is 7.50. The van der Waals surface area contributed by atoms with Gasteiger partial charge in [0.1, 0.15) is 5.82 Å². The molecular weight excluding hydrogens is 334 g/mol. The van der Waals surface area contributed by atoms with Gasteiger partial charge in [-0.05, 0) is 48.4 Å². The van der Waals surface area contributed by atoms with Crippen molar-refractivity contribution in [2.75, 3.05) is 0 Å². The topological polar surface area (TPSA) is 57.8 Å². The average Bonchev–Trinajstić information content (AvgIpc) is 3.32. The lowest BCUT2D eigenvalue weighted by molar-refractivity contribution is -0.123. The van der Waals surface area contributed by atoms with E-state index in [1.807, 2.05) is 24.4 Å². The van der Waals surface area contributed by atoms with Crippen molar-refractivity contribution < 1.29 is 4.79 Å². The maximum atomic E-state index is 12.9. The first kappa shape index (κ1) is 17.5. The van der Waals surface area contributed by atoms with E-state index in [9.17, 15) is 4.79 Å². The van der Waals surface area contributed by atoms with Crippen LogP contribution in [0.4, 0.5) is 0 Å². The molecule has 1 saturated carbocycles. The van der Waals surface area contributed by atoms with Gasteiger partial charge in [0.05, 0.1) is 6.04 Å². The summed E-state index contributed by atoms with van der Waals surface area (Å²) in [5.41, 5.74) is 4.97. The Kier molecular flexibility index (Phi) is 4.80. The Hall–Kier alpha value is -2.88. The summed E-state index contributed by atoms with van der Waals surface area (Å²) >= 11 is 0. The Labute approximate surface area is 160 Å². The van der Waals surface area contributed by atoms with Crippen LogP contribution in [0.2, 0.25) is 0 Å². The molecule has 1 aliphatic carbocycles. The fourth-order valence-electron chi connectivity index (χ4n) is 3.67. The van der Waals surface area contributed by atoms with Crippen LogP contribution in [0.1, 0.15) is 46.5 Å². The largest absolute Gasteiger partial charge is 0.349 e. The molecule has 0 bridgehead atoms. The monoisotopic (exact) mass is 359 g/mol. The van der Waals surface area contributed by atoms with Gasteiger partial charge in [-0.15, -0.1) is 0 Å². The lowest BCUT2D eigenvalue weighted by Gasteiger charge is -2.18. The summed E-state index contributed by atoms with van der Waals surface area (Å²) in [6.45, 7) is 4.25. The molecule has 2 N–H and O–H groups in total. The van der Waals surface area contributed by atoms with E-state index in [4.69, 9.17) is 0 Å². The van der Waals surface area contributed by atoms with Gasteiger partial charge in [-0.3, -0.25) is 4.79 Å². The molecule has 2 aromatic carbocycles. The van der Waals surface area contributed by atoms with Crippen LogP contribution in [0.5, 0.6) is 0 Å². The van der Waals surface area contributed by atoms with E-state index in [1.165, 1.54) is 16.7 Å². The third kappa shape index (κ3) is 3.95. The van der Waals surface area contributed by atoms with E-state index in [0.717, 1.165) is 17.8 Å². The highest BCUT2D eigenvalue weighted by atomic mass is 16.2. The summed E-state index contributed by atoms with van der Waals surface area (Å²) in [6.07, 6.45) is 5.14. The fraction of sp³-hybridized carbons (Fsp3) is 0.304. The van der Waals surface area contributed by atoms with Gasteiger partial charge in [-0.2, -0.15) is 0 Å². The number of nitrogens with zero attached hydrogens (tertiary/aromatic N) is 1. The smallest absolute Gasteiger partial charge is 0.224 e. The van der Waals surface area contributed by atoms with Gasteiger partial charge >= 0.3 is 0 Å². The van der Waals surface area contributed by atoms with Crippen molar-refractivity contribution in [3.8, 4) is 0 Å². The molecule has 0 saturated heterocycles. The quantitative estimate of drug-likeness (QED) is 0.692. The summed E-state index contributed by atoms with van der Waals surface area (Å²) in [7, 11) is 0. The molecule has 0 radical (unpaired) electrons. The first-order chi connectivity index (χ1) is 13.1. The Morgan fingerprint density at radius 3 is 2.70 bits per heavy atom. The molecule has 0 aliphatic heterocycles. The van der Waals surface area contributed by atoms with Crippen molar-refractivity contribution in [3.63, 3.8) is 0 Å². The number of hydrogen-bond donors (Lipinski definition) is 2. The third-order valence-electron chi connectivity index (χ3n) is 5.56. The Balaban J connectivity index is 1.46. The zero-order chi connectivity index (χ0) is 18.8. The maximum Gasteiger partial charge on any atom is 0.224 e. The molecule has 1 unspecified atom stereocenters. The second kappa shape index (κ2) is 7.39. The molecule has 1 fully saturated rings. The number of benzene rings is 2. The molecule has 4 heteroatoms. The molecule has 1 aliphatic rings. The molecule has 1 amide bonds. The highest BCUT2D eigenvalue weighted by Crippen LogP contribution is 2.48. The summed E-state index contributed by atoms with van der Waals surface area (Å²) in [5, 5.41) is 3.26. The van der Waals surface area contributed by atoms with Crippen LogP contribution in [0.3, 0.4) is 0 Å². The van der Waals surface area contributed by atoms with Gasteiger partial charge in [0.25, 0.3) is 0 Å². The predicted octanol–water partition coefficient (Wildman–Crippen LogP) is 4.23. The Morgan fingerprint density at radius 1 is 1.19 bits per heavy atom.